The average Bonchev–Trinajstić information content (AvgIpc) is 2.76. The summed E-state index contributed by atoms with van der Waals surface area (Å²) in [5.41, 5.74) is 1.99. The lowest BCUT2D eigenvalue weighted by molar-refractivity contribution is -0.116. The topological polar surface area (TPSA) is 93.7 Å². The summed E-state index contributed by atoms with van der Waals surface area (Å²) in [6.07, 6.45) is 3.44. The Balaban J connectivity index is 1.37. The fraction of sp³-hybridized carbons (Fsp3) is 0.409. The number of rotatable bonds is 10. The van der Waals surface area contributed by atoms with Crippen molar-refractivity contribution in [2.24, 2.45) is 0 Å². The van der Waals surface area contributed by atoms with E-state index in [-0.39, 0.29) is 10.8 Å². The van der Waals surface area contributed by atoms with E-state index >= 15 is 0 Å². The van der Waals surface area contributed by atoms with Gasteiger partial charge in [0.05, 0.1) is 4.90 Å². The van der Waals surface area contributed by atoms with Gasteiger partial charge in [0.2, 0.25) is 15.9 Å². The van der Waals surface area contributed by atoms with Gasteiger partial charge in [-0.15, -0.1) is 0 Å². The summed E-state index contributed by atoms with van der Waals surface area (Å²) in [5.74, 6) is 0.972. The lowest BCUT2D eigenvalue weighted by Gasteiger charge is -2.18. The molecule has 30 heavy (non-hydrogen) atoms. The number of hydrogen-bond donors (Lipinski definition) is 2. The number of fused-ring (bicyclic) bond motifs is 1. The first-order valence-corrected chi connectivity index (χ1v) is 11.7. The zero-order chi connectivity index (χ0) is 21.4. The minimum absolute atomic E-state index is 0.0277. The third-order valence-electron chi connectivity index (χ3n) is 4.82. The molecule has 2 N–H and O–H groups in total. The lowest BCUT2D eigenvalue weighted by Crippen LogP contribution is -2.25. The summed E-state index contributed by atoms with van der Waals surface area (Å²) >= 11 is 0. The smallest absolute Gasteiger partial charge is 0.240 e. The molecule has 1 heterocycles. The molecule has 1 aliphatic heterocycles. The van der Waals surface area contributed by atoms with Crippen LogP contribution in [0.1, 0.15) is 38.2 Å². The van der Waals surface area contributed by atoms with Crippen LogP contribution in [0.3, 0.4) is 0 Å². The summed E-state index contributed by atoms with van der Waals surface area (Å²) in [6.45, 7) is 3.25. The maximum absolute atomic E-state index is 12.4. The van der Waals surface area contributed by atoms with Gasteiger partial charge in [-0.25, -0.2) is 13.1 Å². The number of carbonyl (C=O) groups is 1. The van der Waals surface area contributed by atoms with E-state index in [0.29, 0.717) is 50.5 Å². The normalized spacial score (nSPS) is 13.1. The first kappa shape index (κ1) is 22.1. The summed E-state index contributed by atoms with van der Waals surface area (Å²) < 4.78 is 38.3. The fourth-order valence-electron chi connectivity index (χ4n) is 3.16. The number of benzene rings is 2. The zero-order valence-electron chi connectivity index (χ0n) is 17.1. The van der Waals surface area contributed by atoms with Gasteiger partial charge in [0.1, 0.15) is 13.2 Å². The molecule has 0 aromatic heterocycles. The Kier molecular flexibility index (Phi) is 7.70. The van der Waals surface area contributed by atoms with E-state index in [1.165, 1.54) is 17.7 Å². The third-order valence-corrected chi connectivity index (χ3v) is 6.27. The highest BCUT2D eigenvalue weighted by atomic mass is 32.2. The van der Waals surface area contributed by atoms with Crippen molar-refractivity contribution >= 4 is 21.6 Å². The first-order chi connectivity index (χ1) is 14.5. The number of unbranched alkanes of at least 4 members (excludes halogenated alkanes) is 2. The first-order valence-electron chi connectivity index (χ1n) is 10.3. The van der Waals surface area contributed by atoms with Crippen molar-refractivity contribution in [1.29, 1.82) is 0 Å². The molecule has 0 saturated carbocycles. The van der Waals surface area contributed by atoms with Gasteiger partial charge in [-0.05, 0) is 49.1 Å². The summed E-state index contributed by atoms with van der Waals surface area (Å²) in [4.78, 5) is 12.2. The van der Waals surface area contributed by atoms with E-state index in [9.17, 15) is 13.2 Å². The third kappa shape index (κ3) is 6.21. The summed E-state index contributed by atoms with van der Waals surface area (Å²) in [5, 5.41) is 2.91. The van der Waals surface area contributed by atoms with E-state index in [2.05, 4.69) is 17.0 Å². The number of sulfonamides is 1. The SMILES string of the molecule is CCc1cccc(NC(=O)CCCCCNS(=O)(=O)c2ccc3c(c2)OCCO3)c1. The molecule has 2 aromatic carbocycles. The molecular weight excluding hydrogens is 404 g/mol. The summed E-state index contributed by atoms with van der Waals surface area (Å²) in [6, 6.07) is 12.4. The predicted octanol–water partition coefficient (Wildman–Crippen LogP) is 3.50. The standard InChI is InChI=1S/C22H28N2O5S/c1-2-17-7-6-8-18(15-17)24-22(25)9-4-3-5-12-23-30(26,27)19-10-11-20-21(16-19)29-14-13-28-20/h6-8,10-11,15-16,23H,2-5,9,12-14H2,1H3,(H,24,25). The van der Waals surface area contributed by atoms with Crippen LogP contribution in [-0.2, 0) is 21.2 Å². The number of nitrogens with one attached hydrogen (secondary N) is 2. The van der Waals surface area contributed by atoms with Crippen LogP contribution in [0.2, 0.25) is 0 Å². The fourth-order valence-corrected chi connectivity index (χ4v) is 4.25. The highest BCUT2D eigenvalue weighted by Crippen LogP contribution is 2.32. The number of hydrogen-bond acceptors (Lipinski definition) is 5. The van der Waals surface area contributed by atoms with Crippen molar-refractivity contribution in [3.05, 3.63) is 48.0 Å². The second-order valence-electron chi connectivity index (χ2n) is 7.12. The Morgan fingerprint density at radius 3 is 2.60 bits per heavy atom. The molecule has 1 amide bonds. The Morgan fingerprint density at radius 1 is 1.00 bits per heavy atom. The van der Waals surface area contributed by atoms with Gasteiger partial charge in [0.15, 0.2) is 11.5 Å². The Labute approximate surface area is 177 Å². The Bertz CT molecular complexity index is 975. The monoisotopic (exact) mass is 432 g/mol. The van der Waals surface area contributed by atoms with Crippen molar-refractivity contribution in [3.63, 3.8) is 0 Å². The van der Waals surface area contributed by atoms with Crippen LogP contribution in [-0.4, -0.2) is 34.1 Å². The molecule has 0 atom stereocenters. The van der Waals surface area contributed by atoms with Crippen LogP contribution in [0.15, 0.2) is 47.4 Å². The quantitative estimate of drug-likeness (QED) is 0.561. The molecule has 0 unspecified atom stereocenters. The van der Waals surface area contributed by atoms with Gasteiger partial charge in [-0.1, -0.05) is 25.5 Å². The number of ether oxygens (including phenoxy) is 2. The van der Waals surface area contributed by atoms with Crippen molar-refractivity contribution < 1.29 is 22.7 Å². The molecule has 7 nitrogen and oxygen atoms in total. The molecule has 0 radical (unpaired) electrons. The molecule has 0 bridgehead atoms. The molecule has 0 spiro atoms. The van der Waals surface area contributed by atoms with Gasteiger partial charge in [-0.3, -0.25) is 4.79 Å². The Morgan fingerprint density at radius 2 is 1.80 bits per heavy atom. The van der Waals surface area contributed by atoms with Gasteiger partial charge in [-0.2, -0.15) is 0 Å². The highest BCUT2D eigenvalue weighted by molar-refractivity contribution is 7.89. The second-order valence-corrected chi connectivity index (χ2v) is 8.88. The molecule has 3 rings (SSSR count). The van der Waals surface area contributed by atoms with Crippen molar-refractivity contribution in [3.8, 4) is 11.5 Å². The molecule has 2 aromatic rings. The van der Waals surface area contributed by atoms with E-state index in [1.54, 1.807) is 6.07 Å². The highest BCUT2D eigenvalue weighted by Gasteiger charge is 2.18. The van der Waals surface area contributed by atoms with Gasteiger partial charge >= 0.3 is 0 Å². The molecule has 162 valence electrons. The van der Waals surface area contributed by atoms with Crippen LogP contribution >= 0.6 is 0 Å². The van der Waals surface area contributed by atoms with Crippen LogP contribution in [0.25, 0.3) is 0 Å². The predicted molar refractivity (Wildman–Crippen MR) is 116 cm³/mol. The lowest BCUT2D eigenvalue weighted by atomic mass is 10.1. The Hall–Kier alpha value is -2.58. The average molecular weight is 433 g/mol. The molecular formula is C22H28N2O5S. The number of anilines is 1. The molecule has 8 heteroatoms. The van der Waals surface area contributed by atoms with E-state index < -0.39 is 10.0 Å². The van der Waals surface area contributed by atoms with Crippen molar-refractivity contribution in [2.75, 3.05) is 25.1 Å². The number of carbonyl (C=O) groups excluding carboxylic acids is 1. The van der Waals surface area contributed by atoms with Crippen molar-refractivity contribution in [1.82, 2.24) is 4.72 Å². The van der Waals surface area contributed by atoms with Gasteiger partial charge in [0, 0.05) is 24.7 Å². The van der Waals surface area contributed by atoms with Gasteiger partial charge < -0.3 is 14.8 Å². The largest absolute Gasteiger partial charge is 0.486 e. The second kappa shape index (κ2) is 10.4. The van der Waals surface area contributed by atoms with Crippen LogP contribution in [0, 0.1) is 0 Å². The maximum Gasteiger partial charge on any atom is 0.240 e. The van der Waals surface area contributed by atoms with Crippen LogP contribution < -0.4 is 19.5 Å². The van der Waals surface area contributed by atoms with E-state index in [4.69, 9.17) is 9.47 Å². The maximum atomic E-state index is 12.4. The molecule has 0 saturated heterocycles. The van der Waals surface area contributed by atoms with Crippen LogP contribution in [0.5, 0.6) is 11.5 Å². The number of aryl methyl sites for hydroxylation is 1. The molecule has 0 fully saturated rings. The number of amides is 1. The minimum atomic E-state index is -3.61. The van der Waals surface area contributed by atoms with Gasteiger partial charge in [0.25, 0.3) is 0 Å². The molecule has 1 aliphatic rings. The molecule has 0 aliphatic carbocycles. The summed E-state index contributed by atoms with van der Waals surface area (Å²) in [7, 11) is -3.61. The zero-order valence-corrected chi connectivity index (χ0v) is 18.0. The van der Waals surface area contributed by atoms with E-state index in [0.717, 1.165) is 18.5 Å². The van der Waals surface area contributed by atoms with E-state index in [1.807, 2.05) is 24.3 Å². The van der Waals surface area contributed by atoms with Crippen LogP contribution in [0.4, 0.5) is 5.69 Å². The minimum Gasteiger partial charge on any atom is -0.486 e. The van der Waals surface area contributed by atoms with Crippen molar-refractivity contribution in [2.45, 2.75) is 43.9 Å².